The van der Waals surface area contributed by atoms with E-state index in [4.69, 9.17) is 0 Å². The van der Waals surface area contributed by atoms with Gasteiger partial charge in [-0.3, -0.25) is 0 Å². The molecule has 0 bridgehead atoms. The van der Waals surface area contributed by atoms with Crippen LogP contribution in [0.3, 0.4) is 0 Å². The van der Waals surface area contributed by atoms with E-state index in [0.717, 1.165) is 11.1 Å². The van der Waals surface area contributed by atoms with Crippen LogP contribution < -0.4 is 0 Å². The van der Waals surface area contributed by atoms with Crippen LogP contribution in [0.25, 0.3) is 0 Å². The Morgan fingerprint density at radius 2 is 1.69 bits per heavy atom. The topological polar surface area (TPSA) is 49.6 Å². The molecule has 3 nitrogen and oxygen atoms in total. The summed E-state index contributed by atoms with van der Waals surface area (Å²) in [6.07, 6.45) is 4.83. The monoisotopic (exact) mass is 209 g/mol. The van der Waals surface area contributed by atoms with Crippen LogP contribution in [0.2, 0.25) is 0 Å². The normalized spacial score (nSPS) is 13.8. The maximum atomic E-state index is 9.39. The van der Waals surface area contributed by atoms with Crippen molar-refractivity contribution in [3.05, 3.63) is 60.2 Å². The first kappa shape index (κ1) is 10.3. The molecule has 0 N–H and O–H groups in total. The molecule has 0 aliphatic heterocycles. The molecule has 0 radical (unpaired) electrons. The average Bonchev–Trinajstić information content (AvgIpc) is 2.40. The molecule has 78 valence electrons. The fourth-order valence-electron chi connectivity index (χ4n) is 1.62. The van der Waals surface area contributed by atoms with Crippen LogP contribution in [-0.2, 0) is 5.41 Å². The van der Waals surface area contributed by atoms with Gasteiger partial charge in [-0.25, -0.2) is 9.97 Å². The molecule has 1 unspecified atom stereocenters. The zero-order valence-corrected chi connectivity index (χ0v) is 8.96. The smallest absolute Gasteiger partial charge is 0.115 e. The van der Waals surface area contributed by atoms with E-state index in [2.05, 4.69) is 16.0 Å². The molecular formula is C13H11N3. The summed E-state index contributed by atoms with van der Waals surface area (Å²) in [5.41, 5.74) is 1.07. The van der Waals surface area contributed by atoms with Crippen molar-refractivity contribution in [2.75, 3.05) is 0 Å². The molecule has 1 aromatic heterocycles. The zero-order chi connectivity index (χ0) is 11.4. The largest absolute Gasteiger partial charge is 0.244 e. The average molecular weight is 209 g/mol. The highest BCUT2D eigenvalue weighted by molar-refractivity contribution is 5.42. The van der Waals surface area contributed by atoms with Gasteiger partial charge in [0.1, 0.15) is 11.7 Å². The van der Waals surface area contributed by atoms with Crippen LogP contribution in [0.4, 0.5) is 0 Å². The lowest BCUT2D eigenvalue weighted by molar-refractivity contribution is 0.729. The van der Waals surface area contributed by atoms with E-state index >= 15 is 0 Å². The summed E-state index contributed by atoms with van der Waals surface area (Å²) in [6, 6.07) is 12.0. The first-order chi connectivity index (χ1) is 7.77. The van der Waals surface area contributed by atoms with Gasteiger partial charge >= 0.3 is 0 Å². The molecule has 1 aromatic carbocycles. The molecule has 0 fully saturated rings. The quantitative estimate of drug-likeness (QED) is 0.762. The highest BCUT2D eigenvalue weighted by Crippen LogP contribution is 2.29. The van der Waals surface area contributed by atoms with Gasteiger partial charge in [0.2, 0.25) is 0 Å². The van der Waals surface area contributed by atoms with Gasteiger partial charge in [0.15, 0.2) is 0 Å². The molecule has 0 saturated heterocycles. The van der Waals surface area contributed by atoms with Gasteiger partial charge in [-0.2, -0.15) is 5.26 Å². The summed E-state index contributed by atoms with van der Waals surface area (Å²) in [4.78, 5) is 7.92. The Morgan fingerprint density at radius 1 is 1.06 bits per heavy atom. The predicted molar refractivity (Wildman–Crippen MR) is 60.5 cm³/mol. The Labute approximate surface area is 94.4 Å². The fraction of sp³-hybridized carbons (Fsp3) is 0.154. The third kappa shape index (κ3) is 1.66. The van der Waals surface area contributed by atoms with Crippen molar-refractivity contribution in [2.24, 2.45) is 0 Å². The van der Waals surface area contributed by atoms with Gasteiger partial charge < -0.3 is 0 Å². The van der Waals surface area contributed by atoms with E-state index in [-0.39, 0.29) is 0 Å². The Morgan fingerprint density at radius 3 is 2.25 bits per heavy atom. The van der Waals surface area contributed by atoms with E-state index in [1.165, 1.54) is 6.33 Å². The second-order valence-electron chi connectivity index (χ2n) is 3.73. The van der Waals surface area contributed by atoms with Crippen molar-refractivity contribution in [3.8, 4) is 6.07 Å². The molecule has 0 spiro atoms. The minimum atomic E-state index is -0.692. The molecule has 0 aliphatic carbocycles. The maximum absolute atomic E-state index is 9.39. The Hall–Kier alpha value is -2.21. The summed E-state index contributed by atoms with van der Waals surface area (Å²) in [6.45, 7) is 1.88. The number of hydrogen-bond acceptors (Lipinski definition) is 3. The molecule has 0 aliphatic rings. The van der Waals surface area contributed by atoms with E-state index in [9.17, 15) is 5.26 Å². The van der Waals surface area contributed by atoms with Crippen molar-refractivity contribution in [1.29, 1.82) is 5.26 Å². The number of aromatic nitrogens is 2. The molecular weight excluding hydrogens is 198 g/mol. The lowest BCUT2D eigenvalue weighted by Crippen LogP contribution is -2.21. The number of benzene rings is 1. The summed E-state index contributed by atoms with van der Waals surface area (Å²) in [5.74, 6) is 0. The summed E-state index contributed by atoms with van der Waals surface area (Å²) in [7, 11) is 0. The molecule has 2 aromatic rings. The molecule has 0 saturated carbocycles. The van der Waals surface area contributed by atoms with Crippen molar-refractivity contribution in [2.45, 2.75) is 12.3 Å². The first-order valence-corrected chi connectivity index (χ1v) is 4.99. The third-order valence-electron chi connectivity index (χ3n) is 2.71. The minimum absolute atomic E-state index is 0.692. The van der Waals surface area contributed by atoms with Crippen LogP contribution in [-0.4, -0.2) is 9.97 Å². The van der Waals surface area contributed by atoms with Gasteiger partial charge in [0.05, 0.1) is 6.07 Å². The lowest BCUT2D eigenvalue weighted by Gasteiger charge is -2.21. The van der Waals surface area contributed by atoms with Gasteiger partial charge in [0, 0.05) is 18.0 Å². The van der Waals surface area contributed by atoms with Crippen molar-refractivity contribution >= 4 is 0 Å². The summed E-state index contributed by atoms with van der Waals surface area (Å²) >= 11 is 0. The lowest BCUT2D eigenvalue weighted by atomic mass is 9.79. The van der Waals surface area contributed by atoms with Crippen LogP contribution in [0.1, 0.15) is 18.1 Å². The highest BCUT2D eigenvalue weighted by atomic mass is 14.8. The first-order valence-electron chi connectivity index (χ1n) is 4.99. The molecule has 2 rings (SSSR count). The van der Waals surface area contributed by atoms with Crippen LogP contribution in [0.5, 0.6) is 0 Å². The summed E-state index contributed by atoms with van der Waals surface area (Å²) < 4.78 is 0. The summed E-state index contributed by atoms with van der Waals surface area (Å²) in [5, 5.41) is 9.39. The molecule has 1 atom stereocenters. The number of hydrogen-bond donors (Lipinski definition) is 0. The minimum Gasteiger partial charge on any atom is -0.244 e. The molecule has 3 heteroatoms. The highest BCUT2D eigenvalue weighted by Gasteiger charge is 2.29. The van der Waals surface area contributed by atoms with Crippen molar-refractivity contribution < 1.29 is 0 Å². The van der Waals surface area contributed by atoms with E-state index in [1.54, 1.807) is 12.4 Å². The van der Waals surface area contributed by atoms with Crippen LogP contribution >= 0.6 is 0 Å². The maximum Gasteiger partial charge on any atom is 0.115 e. The van der Waals surface area contributed by atoms with E-state index < -0.39 is 5.41 Å². The predicted octanol–water partition coefficient (Wildman–Crippen LogP) is 2.31. The van der Waals surface area contributed by atoms with E-state index in [0.29, 0.717) is 0 Å². The van der Waals surface area contributed by atoms with Crippen LogP contribution in [0.15, 0.2) is 49.1 Å². The van der Waals surface area contributed by atoms with Gasteiger partial charge in [-0.1, -0.05) is 30.3 Å². The third-order valence-corrected chi connectivity index (χ3v) is 2.71. The van der Waals surface area contributed by atoms with E-state index in [1.807, 2.05) is 37.3 Å². The number of rotatable bonds is 2. The van der Waals surface area contributed by atoms with Gasteiger partial charge in [0.25, 0.3) is 0 Å². The van der Waals surface area contributed by atoms with Crippen molar-refractivity contribution in [1.82, 2.24) is 9.97 Å². The zero-order valence-electron chi connectivity index (χ0n) is 8.96. The standard InChI is InChI=1S/C13H11N3/c1-13(9-14,11-5-3-2-4-6-11)12-7-15-10-16-8-12/h2-8,10H,1H3. The number of nitriles is 1. The van der Waals surface area contributed by atoms with Crippen LogP contribution in [0, 0.1) is 11.3 Å². The molecule has 1 heterocycles. The Kier molecular flexibility index (Phi) is 2.65. The second-order valence-corrected chi connectivity index (χ2v) is 3.73. The fourth-order valence-corrected chi connectivity index (χ4v) is 1.62. The molecule has 16 heavy (non-hydrogen) atoms. The van der Waals surface area contributed by atoms with Gasteiger partial charge in [-0.15, -0.1) is 0 Å². The second kappa shape index (κ2) is 4.11. The Bertz CT molecular complexity index is 460. The van der Waals surface area contributed by atoms with Gasteiger partial charge in [-0.05, 0) is 12.5 Å². The SMILES string of the molecule is CC(C#N)(c1ccccc1)c1cncnc1. The van der Waals surface area contributed by atoms with Crippen molar-refractivity contribution in [3.63, 3.8) is 0 Å². The molecule has 0 amide bonds. The Balaban J connectivity index is 2.55. The number of nitrogens with zero attached hydrogens (tertiary/aromatic N) is 3.